The van der Waals surface area contributed by atoms with Gasteiger partial charge in [0.1, 0.15) is 0 Å². The lowest BCUT2D eigenvalue weighted by atomic mass is 10.1. The van der Waals surface area contributed by atoms with Crippen molar-refractivity contribution in [2.45, 2.75) is 44.6 Å². The second kappa shape index (κ2) is 3.81. The number of hydrogen-bond donors (Lipinski definition) is 1. The molecule has 0 aromatic carbocycles. The van der Waals surface area contributed by atoms with Gasteiger partial charge in [0, 0.05) is 18.4 Å². The number of nitrogens with one attached hydrogen (secondary N) is 1. The minimum Gasteiger partial charge on any atom is -0.313 e. The van der Waals surface area contributed by atoms with E-state index in [9.17, 15) is 4.79 Å². The highest BCUT2D eigenvalue weighted by Gasteiger charge is 2.14. The maximum absolute atomic E-state index is 11.3. The molecule has 0 spiro atoms. The molecule has 0 bridgehead atoms. The number of aromatic amines is 1. The molecule has 1 saturated carbocycles. The van der Waals surface area contributed by atoms with Crippen LogP contribution in [0.5, 0.6) is 0 Å². The molecule has 3 nitrogen and oxygen atoms in total. The van der Waals surface area contributed by atoms with Crippen molar-refractivity contribution < 1.29 is 0 Å². The first-order chi connectivity index (χ1) is 6.38. The van der Waals surface area contributed by atoms with E-state index in [2.05, 4.69) is 4.98 Å². The van der Waals surface area contributed by atoms with Gasteiger partial charge < -0.3 is 4.98 Å². The van der Waals surface area contributed by atoms with Crippen molar-refractivity contribution in [2.24, 2.45) is 0 Å². The quantitative estimate of drug-likeness (QED) is 0.660. The Morgan fingerprint density at radius 2 is 1.92 bits per heavy atom. The summed E-state index contributed by atoms with van der Waals surface area (Å²) in [5.74, 6) is 0. The van der Waals surface area contributed by atoms with Crippen molar-refractivity contribution in [1.29, 1.82) is 0 Å². The van der Waals surface area contributed by atoms with E-state index in [1.54, 1.807) is 6.20 Å². The molecule has 1 aliphatic rings. The summed E-state index contributed by atoms with van der Waals surface area (Å²) >= 11 is 0. The number of hydrogen-bond acceptors (Lipinski definition) is 1. The second-order valence-electron chi connectivity index (χ2n) is 3.82. The molecule has 1 fully saturated rings. The van der Waals surface area contributed by atoms with Crippen LogP contribution in [0.25, 0.3) is 0 Å². The van der Waals surface area contributed by atoms with Gasteiger partial charge in [0.15, 0.2) is 0 Å². The predicted octanol–water partition coefficient (Wildman–Crippen LogP) is 2.07. The number of nitrogens with zero attached hydrogens (tertiary/aromatic N) is 1. The first-order valence-corrected chi connectivity index (χ1v) is 5.13. The van der Waals surface area contributed by atoms with Gasteiger partial charge in [-0.05, 0) is 12.8 Å². The van der Waals surface area contributed by atoms with Crippen LogP contribution < -0.4 is 5.69 Å². The van der Waals surface area contributed by atoms with Crippen LogP contribution >= 0.6 is 0 Å². The van der Waals surface area contributed by atoms with Gasteiger partial charge >= 0.3 is 5.69 Å². The van der Waals surface area contributed by atoms with Gasteiger partial charge in [-0.2, -0.15) is 0 Å². The molecule has 0 saturated heterocycles. The SMILES string of the molecule is O=c1[nH]ccn1C1CCCCCC1. The van der Waals surface area contributed by atoms with E-state index in [-0.39, 0.29) is 5.69 Å². The molecule has 0 atom stereocenters. The second-order valence-corrected chi connectivity index (χ2v) is 3.82. The number of rotatable bonds is 1. The van der Waals surface area contributed by atoms with Gasteiger partial charge in [0.2, 0.25) is 0 Å². The van der Waals surface area contributed by atoms with Crippen molar-refractivity contribution in [1.82, 2.24) is 9.55 Å². The summed E-state index contributed by atoms with van der Waals surface area (Å²) in [4.78, 5) is 14.0. The molecule has 2 rings (SSSR count). The van der Waals surface area contributed by atoms with Crippen LogP contribution in [0.15, 0.2) is 17.2 Å². The van der Waals surface area contributed by atoms with Crippen LogP contribution in [-0.2, 0) is 0 Å². The minimum absolute atomic E-state index is 0.0481. The highest BCUT2D eigenvalue weighted by molar-refractivity contribution is 4.82. The van der Waals surface area contributed by atoms with Crippen molar-refractivity contribution in [2.75, 3.05) is 0 Å². The minimum atomic E-state index is 0.0481. The zero-order valence-electron chi connectivity index (χ0n) is 7.83. The van der Waals surface area contributed by atoms with E-state index in [4.69, 9.17) is 0 Å². The summed E-state index contributed by atoms with van der Waals surface area (Å²) in [6.07, 6.45) is 11.1. The largest absolute Gasteiger partial charge is 0.325 e. The Bertz CT molecular complexity index is 305. The third-order valence-corrected chi connectivity index (χ3v) is 2.89. The molecular weight excluding hydrogens is 164 g/mol. The average Bonchev–Trinajstić information content (AvgIpc) is 2.43. The van der Waals surface area contributed by atoms with Crippen LogP contribution in [-0.4, -0.2) is 9.55 Å². The van der Waals surface area contributed by atoms with E-state index in [0.29, 0.717) is 6.04 Å². The zero-order chi connectivity index (χ0) is 9.10. The van der Waals surface area contributed by atoms with Gasteiger partial charge in [0.25, 0.3) is 0 Å². The number of imidazole rings is 1. The lowest BCUT2D eigenvalue weighted by Gasteiger charge is -2.13. The Balaban J connectivity index is 2.15. The molecule has 1 heterocycles. The molecular formula is C10H16N2O. The van der Waals surface area contributed by atoms with Crippen LogP contribution in [0.3, 0.4) is 0 Å². The fourth-order valence-electron chi connectivity index (χ4n) is 2.15. The van der Waals surface area contributed by atoms with Crippen molar-refractivity contribution in [3.8, 4) is 0 Å². The van der Waals surface area contributed by atoms with Crippen LogP contribution in [0.4, 0.5) is 0 Å². The maximum atomic E-state index is 11.3. The van der Waals surface area contributed by atoms with Crippen LogP contribution in [0, 0.1) is 0 Å². The summed E-state index contributed by atoms with van der Waals surface area (Å²) in [5, 5.41) is 0. The molecule has 0 unspecified atom stereocenters. The molecule has 13 heavy (non-hydrogen) atoms. The van der Waals surface area contributed by atoms with Crippen LogP contribution in [0.2, 0.25) is 0 Å². The molecule has 1 aromatic heterocycles. The summed E-state index contributed by atoms with van der Waals surface area (Å²) in [7, 11) is 0. The first kappa shape index (κ1) is 8.60. The Labute approximate surface area is 77.8 Å². The Morgan fingerprint density at radius 3 is 2.46 bits per heavy atom. The summed E-state index contributed by atoms with van der Waals surface area (Å²) in [6.45, 7) is 0. The Morgan fingerprint density at radius 1 is 1.23 bits per heavy atom. The lowest BCUT2D eigenvalue weighted by Crippen LogP contribution is -2.21. The first-order valence-electron chi connectivity index (χ1n) is 5.13. The molecule has 3 heteroatoms. The molecule has 1 aliphatic carbocycles. The summed E-state index contributed by atoms with van der Waals surface area (Å²) in [6, 6.07) is 0.446. The Kier molecular flexibility index (Phi) is 2.52. The van der Waals surface area contributed by atoms with E-state index in [1.165, 1.54) is 25.7 Å². The summed E-state index contributed by atoms with van der Waals surface area (Å²) < 4.78 is 1.85. The zero-order valence-corrected chi connectivity index (χ0v) is 7.83. The highest BCUT2D eigenvalue weighted by Crippen LogP contribution is 2.25. The highest BCUT2D eigenvalue weighted by atomic mass is 16.1. The standard InChI is InChI=1S/C10H16N2O/c13-10-11-7-8-12(10)9-5-3-1-2-4-6-9/h7-9H,1-6H2,(H,11,13). The average molecular weight is 180 g/mol. The fourth-order valence-corrected chi connectivity index (χ4v) is 2.15. The third kappa shape index (κ3) is 1.85. The molecule has 0 aliphatic heterocycles. The summed E-state index contributed by atoms with van der Waals surface area (Å²) in [5.41, 5.74) is 0.0481. The Hall–Kier alpha value is -0.990. The van der Waals surface area contributed by atoms with Gasteiger partial charge in [0.05, 0.1) is 0 Å². The topological polar surface area (TPSA) is 37.8 Å². The van der Waals surface area contributed by atoms with E-state index < -0.39 is 0 Å². The van der Waals surface area contributed by atoms with E-state index in [1.807, 2.05) is 10.8 Å². The molecule has 1 aromatic rings. The normalized spacial score (nSPS) is 20.0. The fraction of sp³-hybridized carbons (Fsp3) is 0.700. The van der Waals surface area contributed by atoms with Gasteiger partial charge in [-0.25, -0.2) is 4.79 Å². The van der Waals surface area contributed by atoms with E-state index >= 15 is 0 Å². The number of H-pyrrole nitrogens is 1. The molecule has 72 valence electrons. The van der Waals surface area contributed by atoms with Crippen molar-refractivity contribution >= 4 is 0 Å². The molecule has 0 amide bonds. The van der Waals surface area contributed by atoms with Crippen LogP contribution in [0.1, 0.15) is 44.6 Å². The van der Waals surface area contributed by atoms with Crippen molar-refractivity contribution in [3.05, 3.63) is 22.9 Å². The lowest BCUT2D eigenvalue weighted by molar-refractivity contribution is 0.433. The smallest absolute Gasteiger partial charge is 0.313 e. The van der Waals surface area contributed by atoms with E-state index in [0.717, 1.165) is 12.8 Å². The molecule has 1 N–H and O–H groups in total. The maximum Gasteiger partial charge on any atom is 0.325 e. The third-order valence-electron chi connectivity index (χ3n) is 2.89. The number of aromatic nitrogens is 2. The van der Waals surface area contributed by atoms with Gasteiger partial charge in [-0.15, -0.1) is 0 Å². The van der Waals surface area contributed by atoms with Gasteiger partial charge in [-0.1, -0.05) is 25.7 Å². The molecule has 0 radical (unpaired) electrons. The van der Waals surface area contributed by atoms with Gasteiger partial charge in [-0.3, -0.25) is 4.57 Å². The van der Waals surface area contributed by atoms with Crippen molar-refractivity contribution in [3.63, 3.8) is 0 Å². The predicted molar refractivity (Wildman–Crippen MR) is 51.8 cm³/mol. The monoisotopic (exact) mass is 180 g/mol.